The molecule has 0 saturated carbocycles. The van der Waals surface area contributed by atoms with E-state index >= 15 is 0 Å². The van der Waals surface area contributed by atoms with Crippen molar-refractivity contribution in [1.82, 2.24) is 4.98 Å². The largest absolute Gasteiger partial charge is 0.321 e. The van der Waals surface area contributed by atoms with Gasteiger partial charge in [0, 0.05) is 11.0 Å². The number of nitrogens with one attached hydrogen (secondary N) is 1. The van der Waals surface area contributed by atoms with Gasteiger partial charge in [-0.15, -0.1) is 11.3 Å². The van der Waals surface area contributed by atoms with Crippen molar-refractivity contribution in [1.29, 1.82) is 0 Å². The lowest BCUT2D eigenvalue weighted by Gasteiger charge is -2.05. The van der Waals surface area contributed by atoms with E-state index in [4.69, 9.17) is 0 Å². The van der Waals surface area contributed by atoms with Crippen molar-refractivity contribution in [2.75, 3.05) is 5.32 Å². The molecule has 2 aromatic heterocycles. The van der Waals surface area contributed by atoms with Crippen LogP contribution in [0.5, 0.6) is 0 Å². The lowest BCUT2D eigenvalue weighted by Crippen LogP contribution is -2.09. The summed E-state index contributed by atoms with van der Waals surface area (Å²) in [4.78, 5) is 17.0. The smallest absolute Gasteiger partial charge is 0.248 e. The number of thiophene rings is 1. The molecule has 2 aromatic rings. The summed E-state index contributed by atoms with van der Waals surface area (Å²) in [5, 5.41) is 4.77. The molecule has 0 fully saturated rings. The van der Waals surface area contributed by atoms with Gasteiger partial charge >= 0.3 is 0 Å². The van der Waals surface area contributed by atoms with Crippen LogP contribution in [0.25, 0.3) is 6.08 Å². The van der Waals surface area contributed by atoms with Gasteiger partial charge < -0.3 is 5.32 Å². The zero-order valence-electron chi connectivity index (χ0n) is 9.68. The molecule has 2 rings (SSSR count). The highest BCUT2D eigenvalue weighted by atomic mass is 79.9. The summed E-state index contributed by atoms with van der Waals surface area (Å²) in [7, 11) is 0. The number of hydrogen-bond donors (Lipinski definition) is 1. The van der Waals surface area contributed by atoms with Crippen molar-refractivity contribution < 1.29 is 4.79 Å². The van der Waals surface area contributed by atoms with Crippen molar-refractivity contribution in [2.24, 2.45) is 0 Å². The first kappa shape index (κ1) is 13.0. The molecule has 0 saturated heterocycles. The molecule has 0 radical (unpaired) electrons. The van der Waals surface area contributed by atoms with Gasteiger partial charge in [0.15, 0.2) is 0 Å². The van der Waals surface area contributed by atoms with Crippen LogP contribution in [0.15, 0.2) is 40.3 Å². The second-order valence-corrected chi connectivity index (χ2v) is 5.40. The third-order valence-electron chi connectivity index (χ3n) is 2.25. The van der Waals surface area contributed by atoms with E-state index < -0.39 is 0 Å². The minimum Gasteiger partial charge on any atom is -0.321 e. The van der Waals surface area contributed by atoms with Gasteiger partial charge in [-0.2, -0.15) is 0 Å². The van der Waals surface area contributed by atoms with E-state index in [0.29, 0.717) is 0 Å². The minimum absolute atomic E-state index is 0.157. The predicted molar refractivity (Wildman–Crippen MR) is 78.7 cm³/mol. The van der Waals surface area contributed by atoms with Crippen molar-refractivity contribution in [3.8, 4) is 0 Å². The third kappa shape index (κ3) is 3.51. The number of aryl methyl sites for hydroxylation is 1. The highest BCUT2D eigenvalue weighted by Crippen LogP contribution is 2.16. The quantitative estimate of drug-likeness (QED) is 0.688. The normalized spacial score (nSPS) is 10.8. The van der Waals surface area contributed by atoms with Crippen molar-refractivity contribution in [3.05, 3.63) is 50.9 Å². The van der Waals surface area contributed by atoms with Crippen LogP contribution in [0.2, 0.25) is 0 Å². The standard InChI is InChI=1S/C13H11BrN2OS/c1-9-11(5-6-12(14)15-9)16-13(17)7-4-10-3-2-8-18-10/h2-8H,1H3,(H,16,17)/b7-4+. The van der Waals surface area contributed by atoms with Crippen LogP contribution in [0, 0.1) is 6.92 Å². The molecule has 0 aliphatic heterocycles. The molecule has 0 aliphatic carbocycles. The zero-order chi connectivity index (χ0) is 13.0. The number of halogens is 1. The van der Waals surface area contributed by atoms with E-state index in [0.717, 1.165) is 20.9 Å². The van der Waals surface area contributed by atoms with Gasteiger partial charge in [0.1, 0.15) is 4.60 Å². The van der Waals surface area contributed by atoms with Gasteiger partial charge in [0.05, 0.1) is 11.4 Å². The van der Waals surface area contributed by atoms with E-state index in [-0.39, 0.29) is 5.91 Å². The van der Waals surface area contributed by atoms with Crippen LogP contribution in [-0.2, 0) is 4.79 Å². The third-order valence-corrected chi connectivity index (χ3v) is 3.53. The Morgan fingerprint density at radius 3 is 2.94 bits per heavy atom. The van der Waals surface area contributed by atoms with Crippen LogP contribution in [0.1, 0.15) is 10.6 Å². The summed E-state index contributed by atoms with van der Waals surface area (Å²) in [5.41, 5.74) is 1.50. The number of carbonyl (C=O) groups excluding carboxylic acids is 1. The molecule has 0 unspecified atom stereocenters. The van der Waals surface area contributed by atoms with Gasteiger partial charge in [0.25, 0.3) is 0 Å². The predicted octanol–water partition coefficient (Wildman–Crippen LogP) is 3.87. The first-order valence-corrected chi connectivity index (χ1v) is 6.98. The van der Waals surface area contributed by atoms with Crippen molar-refractivity contribution >= 4 is 44.9 Å². The maximum atomic E-state index is 11.7. The van der Waals surface area contributed by atoms with E-state index in [1.165, 1.54) is 6.08 Å². The Labute approximate surface area is 118 Å². The van der Waals surface area contributed by atoms with Crippen molar-refractivity contribution in [3.63, 3.8) is 0 Å². The number of anilines is 1. The summed E-state index contributed by atoms with van der Waals surface area (Å²) in [6.07, 6.45) is 3.31. The SMILES string of the molecule is Cc1nc(Br)ccc1NC(=O)/C=C/c1cccs1. The number of nitrogens with zero attached hydrogens (tertiary/aromatic N) is 1. The Bertz CT molecular complexity index is 579. The molecule has 3 nitrogen and oxygen atoms in total. The van der Waals surface area contributed by atoms with Gasteiger partial charge in [-0.25, -0.2) is 4.98 Å². The lowest BCUT2D eigenvalue weighted by molar-refractivity contribution is -0.111. The summed E-state index contributed by atoms with van der Waals surface area (Å²) in [6.45, 7) is 1.85. The van der Waals surface area contributed by atoms with Gasteiger partial charge in [0.2, 0.25) is 5.91 Å². The molecule has 0 aliphatic rings. The second kappa shape index (κ2) is 5.93. The first-order chi connectivity index (χ1) is 8.65. The molecule has 2 heterocycles. The number of hydrogen-bond acceptors (Lipinski definition) is 3. The Morgan fingerprint density at radius 1 is 1.44 bits per heavy atom. The van der Waals surface area contributed by atoms with E-state index in [1.54, 1.807) is 23.5 Å². The molecule has 18 heavy (non-hydrogen) atoms. The number of pyridine rings is 1. The summed E-state index contributed by atoms with van der Waals surface area (Å²) in [5.74, 6) is -0.157. The number of aromatic nitrogens is 1. The van der Waals surface area contributed by atoms with Gasteiger partial charge in [-0.3, -0.25) is 4.79 Å². The molecular formula is C13H11BrN2OS. The number of carbonyl (C=O) groups is 1. The molecular weight excluding hydrogens is 312 g/mol. The molecule has 0 aromatic carbocycles. The maximum absolute atomic E-state index is 11.7. The molecule has 0 atom stereocenters. The van der Waals surface area contributed by atoms with E-state index in [1.807, 2.05) is 30.5 Å². The highest BCUT2D eigenvalue weighted by molar-refractivity contribution is 9.10. The Balaban J connectivity index is 2.03. The molecule has 1 amide bonds. The molecule has 1 N–H and O–H groups in total. The fourth-order valence-electron chi connectivity index (χ4n) is 1.38. The highest BCUT2D eigenvalue weighted by Gasteiger charge is 2.03. The van der Waals surface area contributed by atoms with Gasteiger partial charge in [-0.1, -0.05) is 6.07 Å². The van der Waals surface area contributed by atoms with Crippen molar-refractivity contribution in [2.45, 2.75) is 6.92 Å². The molecule has 0 bridgehead atoms. The van der Waals surface area contributed by atoms with Crippen LogP contribution in [-0.4, -0.2) is 10.9 Å². The van der Waals surface area contributed by atoms with Crippen LogP contribution in [0.4, 0.5) is 5.69 Å². The lowest BCUT2D eigenvalue weighted by atomic mass is 10.3. The van der Waals surface area contributed by atoms with Gasteiger partial charge in [-0.05, 0) is 52.5 Å². The number of amides is 1. The molecule has 92 valence electrons. The van der Waals surface area contributed by atoms with Crippen LogP contribution < -0.4 is 5.32 Å². The number of rotatable bonds is 3. The average Bonchev–Trinajstić information content (AvgIpc) is 2.83. The summed E-state index contributed by atoms with van der Waals surface area (Å²) < 4.78 is 0.757. The van der Waals surface area contributed by atoms with Crippen LogP contribution >= 0.6 is 27.3 Å². The zero-order valence-corrected chi connectivity index (χ0v) is 12.1. The Morgan fingerprint density at radius 2 is 2.28 bits per heavy atom. The van der Waals surface area contributed by atoms with E-state index in [9.17, 15) is 4.79 Å². The summed E-state index contributed by atoms with van der Waals surface area (Å²) >= 11 is 4.87. The summed E-state index contributed by atoms with van der Waals surface area (Å²) in [6, 6.07) is 7.53. The van der Waals surface area contributed by atoms with Crippen LogP contribution in [0.3, 0.4) is 0 Å². The Hall–Kier alpha value is -1.46. The molecule has 0 spiro atoms. The molecule has 5 heteroatoms. The van der Waals surface area contributed by atoms with E-state index in [2.05, 4.69) is 26.2 Å². The Kier molecular flexibility index (Phi) is 4.28. The fraction of sp³-hybridized carbons (Fsp3) is 0.0769. The second-order valence-electron chi connectivity index (χ2n) is 3.60. The topological polar surface area (TPSA) is 42.0 Å². The average molecular weight is 323 g/mol. The monoisotopic (exact) mass is 322 g/mol. The fourth-order valence-corrected chi connectivity index (χ4v) is 2.40. The first-order valence-electron chi connectivity index (χ1n) is 5.31. The minimum atomic E-state index is -0.157. The maximum Gasteiger partial charge on any atom is 0.248 e.